The molecule has 0 bridgehead atoms. The summed E-state index contributed by atoms with van der Waals surface area (Å²) in [4.78, 5) is -0.169. The second-order valence-electron chi connectivity index (χ2n) is 5.87. The van der Waals surface area contributed by atoms with Gasteiger partial charge in [-0.1, -0.05) is 17.7 Å². The lowest BCUT2D eigenvalue weighted by atomic mass is 10.1. The molecule has 0 aliphatic heterocycles. The van der Waals surface area contributed by atoms with Crippen LogP contribution in [0.5, 0.6) is 0 Å². The molecule has 11 heteroatoms. The highest BCUT2D eigenvalue weighted by atomic mass is 35.5. The van der Waals surface area contributed by atoms with E-state index in [0.29, 0.717) is 16.1 Å². The van der Waals surface area contributed by atoms with Crippen molar-refractivity contribution in [2.45, 2.75) is 17.6 Å². The van der Waals surface area contributed by atoms with Crippen LogP contribution in [0, 0.1) is 0 Å². The van der Waals surface area contributed by atoms with Crippen LogP contribution in [0.3, 0.4) is 0 Å². The van der Waals surface area contributed by atoms with Crippen molar-refractivity contribution in [1.29, 1.82) is 0 Å². The Kier molecular flexibility index (Phi) is 5.24. The molecule has 2 aromatic carbocycles. The number of hydrogen-bond donors (Lipinski definition) is 2. The molecule has 3 aromatic rings. The minimum Gasteiger partial charge on any atom is -0.326 e. The summed E-state index contributed by atoms with van der Waals surface area (Å²) in [6.07, 6.45) is -4.66. The highest BCUT2D eigenvalue weighted by Gasteiger charge is 2.35. The first-order valence-electron chi connectivity index (χ1n) is 7.80. The lowest BCUT2D eigenvalue weighted by Crippen LogP contribution is -2.12. The van der Waals surface area contributed by atoms with E-state index in [0.717, 1.165) is 10.7 Å². The minimum atomic E-state index is -4.66. The van der Waals surface area contributed by atoms with Crippen molar-refractivity contribution >= 4 is 21.6 Å². The van der Waals surface area contributed by atoms with Crippen LogP contribution in [-0.2, 0) is 22.7 Å². The molecule has 0 unspecified atom stereocenters. The standard InChI is InChI=1S/C17H14ClF3N4O2S/c18-14-6-1-10(7-11(14)9-22)15-8-16(17(19,20)21)24-25(15)12-2-4-13(5-3-12)28(23,26)27/h1-8H,9,22H2,(H2,23,26,27). The molecule has 148 valence electrons. The SMILES string of the molecule is NCc1cc(-c2cc(C(F)(F)F)nn2-c2ccc(S(N)(=O)=O)cc2)ccc1Cl. The molecular formula is C17H14ClF3N4O2S. The lowest BCUT2D eigenvalue weighted by molar-refractivity contribution is -0.141. The van der Waals surface area contributed by atoms with Crippen molar-refractivity contribution in [3.63, 3.8) is 0 Å². The smallest absolute Gasteiger partial charge is 0.326 e. The van der Waals surface area contributed by atoms with E-state index in [4.69, 9.17) is 22.5 Å². The molecule has 4 N–H and O–H groups in total. The van der Waals surface area contributed by atoms with E-state index in [2.05, 4.69) is 5.10 Å². The number of sulfonamides is 1. The van der Waals surface area contributed by atoms with Crippen LogP contribution >= 0.6 is 11.6 Å². The third-order valence-corrected chi connectivity index (χ3v) is 5.27. The van der Waals surface area contributed by atoms with Crippen LogP contribution in [0.1, 0.15) is 11.3 Å². The van der Waals surface area contributed by atoms with E-state index in [-0.39, 0.29) is 22.8 Å². The van der Waals surface area contributed by atoms with Crippen LogP contribution in [0.15, 0.2) is 53.4 Å². The summed E-state index contributed by atoms with van der Waals surface area (Å²) in [6.45, 7) is 0.107. The predicted molar refractivity (Wildman–Crippen MR) is 98.3 cm³/mol. The maximum absolute atomic E-state index is 13.2. The topological polar surface area (TPSA) is 104 Å². The van der Waals surface area contributed by atoms with Crippen LogP contribution in [-0.4, -0.2) is 18.2 Å². The number of rotatable bonds is 4. The van der Waals surface area contributed by atoms with Gasteiger partial charge in [-0.2, -0.15) is 18.3 Å². The van der Waals surface area contributed by atoms with Gasteiger partial charge >= 0.3 is 6.18 Å². The summed E-state index contributed by atoms with van der Waals surface area (Å²) in [6, 6.07) is 10.6. The first-order valence-corrected chi connectivity index (χ1v) is 9.72. The third-order valence-electron chi connectivity index (χ3n) is 3.97. The molecule has 0 radical (unpaired) electrons. The zero-order valence-electron chi connectivity index (χ0n) is 14.1. The summed E-state index contributed by atoms with van der Waals surface area (Å²) in [5.41, 5.74) is 5.87. The number of primary sulfonamides is 1. The first kappa shape index (κ1) is 20.3. The largest absolute Gasteiger partial charge is 0.435 e. The number of halogens is 4. The van der Waals surface area contributed by atoms with Crippen molar-refractivity contribution in [2.75, 3.05) is 0 Å². The van der Waals surface area contributed by atoms with Gasteiger partial charge in [0.05, 0.1) is 16.3 Å². The molecule has 0 amide bonds. The van der Waals surface area contributed by atoms with Gasteiger partial charge in [0.1, 0.15) is 0 Å². The number of nitrogens with zero attached hydrogens (tertiary/aromatic N) is 2. The normalized spacial score (nSPS) is 12.4. The van der Waals surface area contributed by atoms with E-state index in [1.807, 2.05) is 0 Å². The molecule has 0 atom stereocenters. The number of benzene rings is 2. The lowest BCUT2D eigenvalue weighted by Gasteiger charge is -2.10. The summed E-state index contributed by atoms with van der Waals surface area (Å²) in [5, 5.41) is 9.09. The van der Waals surface area contributed by atoms with E-state index in [9.17, 15) is 21.6 Å². The number of hydrogen-bond acceptors (Lipinski definition) is 4. The highest BCUT2D eigenvalue weighted by molar-refractivity contribution is 7.89. The molecule has 0 aliphatic rings. The Morgan fingerprint density at radius 2 is 1.71 bits per heavy atom. The van der Waals surface area contributed by atoms with Crippen molar-refractivity contribution < 1.29 is 21.6 Å². The van der Waals surface area contributed by atoms with Gasteiger partial charge in [0.15, 0.2) is 5.69 Å². The summed E-state index contributed by atoms with van der Waals surface area (Å²) < 4.78 is 63.5. The molecule has 0 saturated heterocycles. The Balaban J connectivity index is 2.19. The van der Waals surface area contributed by atoms with Crippen LogP contribution in [0.2, 0.25) is 5.02 Å². The zero-order chi connectivity index (χ0) is 20.7. The zero-order valence-corrected chi connectivity index (χ0v) is 15.7. The van der Waals surface area contributed by atoms with Gasteiger partial charge in [0.25, 0.3) is 0 Å². The average molecular weight is 431 g/mol. The predicted octanol–water partition coefficient (Wildman–Crippen LogP) is 3.32. The Hall–Kier alpha value is -2.40. The quantitative estimate of drug-likeness (QED) is 0.662. The second kappa shape index (κ2) is 7.21. The van der Waals surface area contributed by atoms with Gasteiger partial charge in [-0.3, -0.25) is 0 Å². The molecule has 0 saturated carbocycles. The third kappa shape index (κ3) is 4.04. The monoisotopic (exact) mass is 430 g/mol. The van der Waals surface area contributed by atoms with Crippen LogP contribution in [0.4, 0.5) is 13.2 Å². The van der Waals surface area contributed by atoms with E-state index in [1.165, 1.54) is 30.3 Å². The van der Waals surface area contributed by atoms with E-state index in [1.54, 1.807) is 12.1 Å². The van der Waals surface area contributed by atoms with E-state index < -0.39 is 21.9 Å². The number of alkyl halides is 3. The summed E-state index contributed by atoms with van der Waals surface area (Å²) in [7, 11) is -3.93. The second-order valence-corrected chi connectivity index (χ2v) is 7.84. The summed E-state index contributed by atoms with van der Waals surface area (Å²) >= 11 is 6.03. The number of nitrogens with two attached hydrogens (primary N) is 2. The Labute approximate surface area is 163 Å². The summed E-state index contributed by atoms with van der Waals surface area (Å²) in [5.74, 6) is 0. The van der Waals surface area contributed by atoms with Crippen LogP contribution in [0.25, 0.3) is 16.9 Å². The fourth-order valence-corrected chi connectivity index (χ4v) is 3.30. The van der Waals surface area contributed by atoms with E-state index >= 15 is 0 Å². The molecule has 28 heavy (non-hydrogen) atoms. The van der Waals surface area contributed by atoms with Gasteiger partial charge in [-0.25, -0.2) is 18.2 Å². The molecule has 0 aliphatic carbocycles. The van der Waals surface area contributed by atoms with Gasteiger partial charge in [-0.05, 0) is 48.0 Å². The Bertz CT molecular complexity index is 1130. The molecule has 0 fully saturated rings. The molecule has 3 rings (SSSR count). The molecular weight excluding hydrogens is 417 g/mol. The highest BCUT2D eigenvalue weighted by Crippen LogP contribution is 2.34. The Morgan fingerprint density at radius 1 is 1.07 bits per heavy atom. The van der Waals surface area contributed by atoms with Gasteiger partial charge < -0.3 is 5.73 Å². The molecule has 1 aromatic heterocycles. The van der Waals surface area contributed by atoms with Gasteiger partial charge in [0, 0.05) is 17.1 Å². The first-order chi connectivity index (χ1) is 13.0. The molecule has 6 nitrogen and oxygen atoms in total. The Morgan fingerprint density at radius 3 is 2.25 bits per heavy atom. The maximum atomic E-state index is 13.2. The minimum absolute atomic E-state index is 0.107. The van der Waals surface area contributed by atoms with Crippen molar-refractivity contribution in [2.24, 2.45) is 10.9 Å². The number of aromatic nitrogens is 2. The van der Waals surface area contributed by atoms with Crippen molar-refractivity contribution in [3.05, 3.63) is 64.8 Å². The average Bonchev–Trinajstić information content (AvgIpc) is 3.07. The molecule has 0 spiro atoms. The molecule has 1 heterocycles. The van der Waals surface area contributed by atoms with Gasteiger partial charge in [0.2, 0.25) is 10.0 Å². The maximum Gasteiger partial charge on any atom is 0.435 e. The van der Waals surface area contributed by atoms with Crippen molar-refractivity contribution in [1.82, 2.24) is 9.78 Å². The van der Waals surface area contributed by atoms with Crippen LogP contribution < -0.4 is 10.9 Å². The fourth-order valence-electron chi connectivity index (χ4n) is 2.59. The van der Waals surface area contributed by atoms with Gasteiger partial charge in [-0.15, -0.1) is 0 Å². The van der Waals surface area contributed by atoms with Crippen molar-refractivity contribution in [3.8, 4) is 16.9 Å². The fraction of sp³-hybridized carbons (Fsp3) is 0.118.